The molecule has 1 aromatic heterocycles. The summed E-state index contributed by atoms with van der Waals surface area (Å²) in [6.07, 6.45) is 3.89. The Balaban J connectivity index is 1.62. The van der Waals surface area contributed by atoms with E-state index in [-0.39, 0.29) is 0 Å². The molecule has 0 amide bonds. The Morgan fingerprint density at radius 2 is 2.16 bits per heavy atom. The fraction of sp³-hybridized carbons (Fsp3) is 0.667. The standard InChI is InChI=1S/C15H24N4/c1-18(2)14-8-9-19(11-14)15-5-3-4-13(17-15)10-16-12-6-7-12/h3-5,12,14,16H,6-11H2,1-2H3. The van der Waals surface area contributed by atoms with Crippen LogP contribution >= 0.6 is 0 Å². The van der Waals surface area contributed by atoms with Crippen LogP contribution in [0.3, 0.4) is 0 Å². The van der Waals surface area contributed by atoms with Gasteiger partial charge in [-0.1, -0.05) is 6.07 Å². The number of pyridine rings is 1. The van der Waals surface area contributed by atoms with E-state index < -0.39 is 0 Å². The molecule has 4 heteroatoms. The van der Waals surface area contributed by atoms with E-state index in [4.69, 9.17) is 4.98 Å². The topological polar surface area (TPSA) is 31.4 Å². The van der Waals surface area contributed by atoms with Gasteiger partial charge in [0.2, 0.25) is 0 Å². The van der Waals surface area contributed by atoms with E-state index in [1.165, 1.54) is 19.3 Å². The maximum Gasteiger partial charge on any atom is 0.128 e. The second kappa shape index (κ2) is 5.47. The second-order valence-corrected chi connectivity index (χ2v) is 5.99. The van der Waals surface area contributed by atoms with Crippen molar-refractivity contribution in [2.24, 2.45) is 0 Å². The van der Waals surface area contributed by atoms with Gasteiger partial charge in [0, 0.05) is 31.7 Å². The van der Waals surface area contributed by atoms with Crippen molar-refractivity contribution in [1.82, 2.24) is 15.2 Å². The summed E-state index contributed by atoms with van der Waals surface area (Å²) < 4.78 is 0. The highest BCUT2D eigenvalue weighted by atomic mass is 15.3. The first-order chi connectivity index (χ1) is 9.22. The summed E-state index contributed by atoms with van der Waals surface area (Å²) in [7, 11) is 4.33. The van der Waals surface area contributed by atoms with Crippen molar-refractivity contribution < 1.29 is 0 Å². The van der Waals surface area contributed by atoms with Gasteiger partial charge in [-0.15, -0.1) is 0 Å². The molecule has 1 N–H and O–H groups in total. The van der Waals surface area contributed by atoms with Crippen molar-refractivity contribution in [2.75, 3.05) is 32.1 Å². The minimum absolute atomic E-state index is 0.662. The van der Waals surface area contributed by atoms with Crippen molar-refractivity contribution in [1.29, 1.82) is 0 Å². The summed E-state index contributed by atoms with van der Waals surface area (Å²) in [6.45, 7) is 3.12. The zero-order chi connectivity index (χ0) is 13.2. The average Bonchev–Trinajstić information content (AvgIpc) is 3.10. The van der Waals surface area contributed by atoms with E-state index in [0.717, 1.165) is 37.2 Å². The molecule has 1 aliphatic heterocycles. The molecule has 1 aromatic rings. The Morgan fingerprint density at radius 1 is 1.32 bits per heavy atom. The van der Waals surface area contributed by atoms with Gasteiger partial charge < -0.3 is 15.1 Å². The van der Waals surface area contributed by atoms with E-state index in [2.05, 4.69) is 47.4 Å². The fourth-order valence-electron chi connectivity index (χ4n) is 2.65. The van der Waals surface area contributed by atoms with Gasteiger partial charge in [0.05, 0.1) is 5.69 Å². The Morgan fingerprint density at radius 3 is 2.84 bits per heavy atom. The van der Waals surface area contributed by atoms with Gasteiger partial charge in [-0.05, 0) is 45.5 Å². The molecule has 3 rings (SSSR count). The largest absolute Gasteiger partial charge is 0.355 e. The zero-order valence-electron chi connectivity index (χ0n) is 12.0. The van der Waals surface area contributed by atoms with Gasteiger partial charge >= 0.3 is 0 Å². The molecular formula is C15H24N4. The monoisotopic (exact) mass is 260 g/mol. The van der Waals surface area contributed by atoms with Crippen LogP contribution in [0, 0.1) is 0 Å². The first-order valence-corrected chi connectivity index (χ1v) is 7.33. The molecule has 19 heavy (non-hydrogen) atoms. The van der Waals surface area contributed by atoms with Gasteiger partial charge in [0.15, 0.2) is 0 Å². The lowest BCUT2D eigenvalue weighted by molar-refractivity contribution is 0.315. The van der Waals surface area contributed by atoms with Crippen LogP contribution in [0.4, 0.5) is 5.82 Å². The van der Waals surface area contributed by atoms with Crippen LogP contribution in [0.1, 0.15) is 25.0 Å². The molecule has 1 saturated heterocycles. The van der Waals surface area contributed by atoms with Crippen LogP contribution < -0.4 is 10.2 Å². The molecule has 0 aromatic carbocycles. The molecule has 104 valence electrons. The van der Waals surface area contributed by atoms with Gasteiger partial charge in [0.1, 0.15) is 5.82 Å². The normalized spacial score (nSPS) is 23.3. The minimum atomic E-state index is 0.662. The number of hydrogen-bond donors (Lipinski definition) is 1. The van der Waals surface area contributed by atoms with E-state index in [9.17, 15) is 0 Å². The maximum atomic E-state index is 4.79. The van der Waals surface area contributed by atoms with Crippen LogP contribution in [0.15, 0.2) is 18.2 Å². The van der Waals surface area contributed by atoms with Crippen molar-refractivity contribution in [3.05, 3.63) is 23.9 Å². The van der Waals surface area contributed by atoms with Crippen molar-refractivity contribution in [3.63, 3.8) is 0 Å². The number of rotatable bonds is 5. The van der Waals surface area contributed by atoms with Crippen molar-refractivity contribution in [2.45, 2.75) is 37.9 Å². The van der Waals surface area contributed by atoms with Crippen molar-refractivity contribution in [3.8, 4) is 0 Å². The lowest BCUT2D eigenvalue weighted by Crippen LogP contribution is -2.31. The number of hydrogen-bond acceptors (Lipinski definition) is 4. The summed E-state index contributed by atoms with van der Waals surface area (Å²) in [6, 6.07) is 7.80. The summed E-state index contributed by atoms with van der Waals surface area (Å²) in [5.41, 5.74) is 1.16. The minimum Gasteiger partial charge on any atom is -0.355 e. The maximum absolute atomic E-state index is 4.79. The van der Waals surface area contributed by atoms with E-state index in [1.807, 2.05) is 0 Å². The molecule has 1 unspecified atom stereocenters. The lowest BCUT2D eigenvalue weighted by atomic mass is 10.2. The van der Waals surface area contributed by atoms with E-state index in [0.29, 0.717) is 6.04 Å². The Kier molecular flexibility index (Phi) is 3.71. The third kappa shape index (κ3) is 3.25. The van der Waals surface area contributed by atoms with Gasteiger partial charge in [-0.2, -0.15) is 0 Å². The SMILES string of the molecule is CN(C)C1CCN(c2cccc(CNC3CC3)n2)C1. The molecule has 2 aliphatic rings. The van der Waals surface area contributed by atoms with Crippen LogP contribution in [0.25, 0.3) is 0 Å². The Labute approximate surface area is 115 Å². The summed E-state index contributed by atoms with van der Waals surface area (Å²) >= 11 is 0. The van der Waals surface area contributed by atoms with Crippen LogP contribution in [-0.4, -0.2) is 49.2 Å². The summed E-state index contributed by atoms with van der Waals surface area (Å²) in [5, 5.41) is 3.53. The summed E-state index contributed by atoms with van der Waals surface area (Å²) in [5.74, 6) is 1.14. The third-order valence-electron chi connectivity index (χ3n) is 4.16. The number of nitrogens with zero attached hydrogens (tertiary/aromatic N) is 3. The predicted molar refractivity (Wildman–Crippen MR) is 78.4 cm³/mol. The number of likely N-dealkylation sites (N-methyl/N-ethyl adjacent to an activating group) is 1. The van der Waals surface area contributed by atoms with E-state index >= 15 is 0 Å². The summed E-state index contributed by atoms with van der Waals surface area (Å²) in [4.78, 5) is 9.52. The first-order valence-electron chi connectivity index (χ1n) is 7.33. The first kappa shape index (κ1) is 12.9. The van der Waals surface area contributed by atoms with Crippen molar-refractivity contribution >= 4 is 5.82 Å². The predicted octanol–water partition coefficient (Wildman–Crippen LogP) is 1.47. The Bertz CT molecular complexity index is 428. The zero-order valence-corrected chi connectivity index (χ0v) is 12.0. The molecule has 0 bridgehead atoms. The van der Waals surface area contributed by atoms with Crippen LogP contribution in [0.2, 0.25) is 0 Å². The average molecular weight is 260 g/mol. The molecular weight excluding hydrogens is 236 g/mol. The van der Waals surface area contributed by atoms with Gasteiger partial charge in [0.25, 0.3) is 0 Å². The molecule has 1 atom stereocenters. The lowest BCUT2D eigenvalue weighted by Gasteiger charge is -2.21. The highest BCUT2D eigenvalue weighted by Crippen LogP contribution is 2.21. The van der Waals surface area contributed by atoms with Gasteiger partial charge in [-0.3, -0.25) is 0 Å². The Hall–Kier alpha value is -1.13. The van der Waals surface area contributed by atoms with Crippen LogP contribution in [0.5, 0.6) is 0 Å². The van der Waals surface area contributed by atoms with Gasteiger partial charge in [-0.25, -0.2) is 4.98 Å². The third-order valence-corrected chi connectivity index (χ3v) is 4.16. The smallest absolute Gasteiger partial charge is 0.128 e. The molecule has 0 spiro atoms. The molecule has 1 aliphatic carbocycles. The molecule has 2 fully saturated rings. The van der Waals surface area contributed by atoms with E-state index in [1.54, 1.807) is 0 Å². The number of aromatic nitrogens is 1. The van der Waals surface area contributed by atoms with Crippen LogP contribution in [-0.2, 0) is 6.54 Å². The highest BCUT2D eigenvalue weighted by Gasteiger charge is 2.25. The second-order valence-electron chi connectivity index (χ2n) is 5.99. The highest BCUT2D eigenvalue weighted by molar-refractivity contribution is 5.41. The molecule has 0 radical (unpaired) electrons. The quantitative estimate of drug-likeness (QED) is 0.869. The fourth-order valence-corrected chi connectivity index (χ4v) is 2.65. The molecule has 4 nitrogen and oxygen atoms in total. The molecule has 1 saturated carbocycles. The molecule has 2 heterocycles. The number of nitrogens with one attached hydrogen (secondary N) is 1. The number of anilines is 1.